The van der Waals surface area contributed by atoms with Crippen LogP contribution in [0.25, 0.3) is 6.08 Å². The van der Waals surface area contributed by atoms with Crippen molar-refractivity contribution in [3.8, 4) is 17.2 Å². The number of barbiturate groups is 1. The molecule has 5 rings (SSSR count). The zero-order chi connectivity index (χ0) is 25.2. The summed E-state index contributed by atoms with van der Waals surface area (Å²) < 4.78 is 16.1. The van der Waals surface area contributed by atoms with E-state index in [0.29, 0.717) is 11.5 Å². The summed E-state index contributed by atoms with van der Waals surface area (Å²) >= 11 is 0. The second-order valence-electron chi connectivity index (χ2n) is 7.75. The zero-order valence-corrected chi connectivity index (χ0v) is 18.5. The van der Waals surface area contributed by atoms with Crippen LogP contribution >= 0.6 is 0 Å². The Bertz CT molecular complexity index is 1430. The molecule has 0 spiro atoms. The fraction of sp³-hybridized carbons (Fsp3) is 0.0800. The van der Waals surface area contributed by atoms with Crippen LogP contribution < -0.4 is 24.4 Å². The van der Waals surface area contributed by atoms with E-state index < -0.39 is 22.8 Å². The topological polar surface area (TPSA) is 137 Å². The third-order valence-electron chi connectivity index (χ3n) is 5.44. The Morgan fingerprint density at radius 1 is 1.00 bits per heavy atom. The van der Waals surface area contributed by atoms with Crippen molar-refractivity contribution >= 4 is 35.3 Å². The highest BCUT2D eigenvalue weighted by molar-refractivity contribution is 6.39. The molecule has 2 aliphatic rings. The Labute approximate surface area is 203 Å². The molecule has 0 aliphatic carbocycles. The maximum atomic E-state index is 13.1. The second kappa shape index (κ2) is 9.22. The number of hydrogen-bond acceptors (Lipinski definition) is 8. The third kappa shape index (κ3) is 4.32. The number of amides is 4. The molecule has 0 saturated carbocycles. The van der Waals surface area contributed by atoms with Crippen LogP contribution in [0, 0.1) is 10.1 Å². The highest BCUT2D eigenvalue weighted by Gasteiger charge is 2.37. The number of rotatable bonds is 6. The monoisotopic (exact) mass is 487 g/mol. The lowest BCUT2D eigenvalue weighted by Crippen LogP contribution is -2.54. The minimum Gasteiger partial charge on any atom is -0.482 e. The largest absolute Gasteiger partial charge is 0.482 e. The van der Waals surface area contributed by atoms with Crippen LogP contribution in [0.2, 0.25) is 0 Å². The molecule has 1 N–H and O–H groups in total. The zero-order valence-electron chi connectivity index (χ0n) is 18.5. The summed E-state index contributed by atoms with van der Waals surface area (Å²) in [6.45, 7) is 0.127. The maximum absolute atomic E-state index is 13.1. The number of nitrogens with one attached hydrogen (secondary N) is 1. The van der Waals surface area contributed by atoms with Crippen molar-refractivity contribution in [2.45, 2.75) is 6.61 Å². The number of carbonyl (C=O) groups is 3. The molecule has 36 heavy (non-hydrogen) atoms. The van der Waals surface area contributed by atoms with E-state index in [2.05, 4.69) is 5.32 Å². The molecule has 0 aromatic heterocycles. The van der Waals surface area contributed by atoms with Gasteiger partial charge in [0.2, 0.25) is 6.79 Å². The van der Waals surface area contributed by atoms with Crippen molar-refractivity contribution in [1.29, 1.82) is 0 Å². The quantitative estimate of drug-likeness (QED) is 0.241. The van der Waals surface area contributed by atoms with E-state index >= 15 is 0 Å². The first kappa shape index (κ1) is 22.6. The number of fused-ring (bicyclic) bond motifs is 1. The summed E-state index contributed by atoms with van der Waals surface area (Å²) in [6, 6.07) is 16.7. The number of urea groups is 1. The molecule has 2 heterocycles. The van der Waals surface area contributed by atoms with Crippen LogP contribution in [0.3, 0.4) is 0 Å². The highest BCUT2D eigenvalue weighted by Crippen LogP contribution is 2.36. The first-order valence-corrected chi connectivity index (χ1v) is 10.7. The smallest absolute Gasteiger partial charge is 0.335 e. The molecular formula is C25H17N3O8. The number of benzene rings is 3. The molecule has 2 aliphatic heterocycles. The number of imide groups is 2. The van der Waals surface area contributed by atoms with Gasteiger partial charge >= 0.3 is 11.7 Å². The third-order valence-corrected chi connectivity index (χ3v) is 5.44. The molecule has 0 unspecified atom stereocenters. The van der Waals surface area contributed by atoms with E-state index in [-0.39, 0.29) is 41.7 Å². The van der Waals surface area contributed by atoms with Crippen LogP contribution in [0.4, 0.5) is 16.2 Å². The molecule has 0 atom stereocenters. The van der Waals surface area contributed by atoms with E-state index in [1.54, 1.807) is 0 Å². The van der Waals surface area contributed by atoms with Crippen LogP contribution in [0.1, 0.15) is 11.1 Å². The average Bonchev–Trinajstić information content (AvgIpc) is 3.34. The lowest BCUT2D eigenvalue weighted by molar-refractivity contribution is -0.386. The summed E-state index contributed by atoms with van der Waals surface area (Å²) in [4.78, 5) is 49.9. The summed E-state index contributed by atoms with van der Waals surface area (Å²) in [7, 11) is 0. The van der Waals surface area contributed by atoms with Gasteiger partial charge in [0.15, 0.2) is 17.2 Å². The van der Waals surface area contributed by atoms with Crippen LogP contribution in [0.15, 0.2) is 72.3 Å². The second-order valence-corrected chi connectivity index (χ2v) is 7.75. The van der Waals surface area contributed by atoms with Gasteiger partial charge in [-0.3, -0.25) is 25.0 Å². The van der Waals surface area contributed by atoms with Gasteiger partial charge in [-0.25, -0.2) is 9.69 Å². The first-order chi connectivity index (χ1) is 17.4. The average molecular weight is 487 g/mol. The molecule has 0 bridgehead atoms. The van der Waals surface area contributed by atoms with E-state index in [0.717, 1.165) is 10.5 Å². The minimum absolute atomic E-state index is 0.00636. The Kier molecular flexibility index (Phi) is 5.79. The van der Waals surface area contributed by atoms with Gasteiger partial charge in [0.25, 0.3) is 11.8 Å². The molecule has 0 radical (unpaired) electrons. The predicted octanol–water partition coefficient (Wildman–Crippen LogP) is 3.57. The Morgan fingerprint density at radius 2 is 1.78 bits per heavy atom. The molecule has 11 heteroatoms. The van der Waals surface area contributed by atoms with Gasteiger partial charge in [-0.1, -0.05) is 36.4 Å². The summed E-state index contributed by atoms with van der Waals surface area (Å²) in [6.07, 6.45) is 1.18. The van der Waals surface area contributed by atoms with Crippen molar-refractivity contribution in [1.82, 2.24) is 5.32 Å². The normalized spacial score (nSPS) is 15.7. The maximum Gasteiger partial charge on any atom is 0.335 e. The fourth-order valence-corrected chi connectivity index (χ4v) is 3.71. The molecule has 1 saturated heterocycles. The predicted molar refractivity (Wildman–Crippen MR) is 125 cm³/mol. The summed E-state index contributed by atoms with van der Waals surface area (Å²) in [5, 5.41) is 13.8. The summed E-state index contributed by atoms with van der Waals surface area (Å²) in [5.74, 6) is -0.985. The minimum atomic E-state index is -0.934. The standard InChI is InChI=1S/C25H17N3O8/c29-23-18(24(30)27(25(31)26-23)17-7-9-21-22(12-17)36-14-35-21)10-16-6-8-20(19(11-16)28(32)33)34-13-15-4-2-1-3-5-15/h1-12H,13-14H2,(H,26,29,31)/b18-10+. The van der Waals surface area contributed by atoms with Gasteiger partial charge in [0.05, 0.1) is 10.6 Å². The van der Waals surface area contributed by atoms with E-state index in [4.69, 9.17) is 14.2 Å². The van der Waals surface area contributed by atoms with Gasteiger partial charge in [0, 0.05) is 12.1 Å². The Morgan fingerprint density at radius 3 is 2.56 bits per heavy atom. The van der Waals surface area contributed by atoms with E-state index in [9.17, 15) is 24.5 Å². The molecular weight excluding hydrogens is 470 g/mol. The van der Waals surface area contributed by atoms with Gasteiger partial charge in [-0.15, -0.1) is 0 Å². The van der Waals surface area contributed by atoms with Crippen molar-refractivity contribution in [2.75, 3.05) is 11.7 Å². The van der Waals surface area contributed by atoms with E-state index in [1.807, 2.05) is 30.3 Å². The number of hydrogen-bond donors (Lipinski definition) is 1. The van der Waals surface area contributed by atoms with Gasteiger partial charge in [-0.05, 0) is 35.4 Å². The summed E-state index contributed by atoms with van der Waals surface area (Å²) in [5.41, 5.74) is 0.478. The number of nitro benzene ring substituents is 1. The van der Waals surface area contributed by atoms with Crippen LogP contribution in [-0.2, 0) is 16.2 Å². The van der Waals surface area contributed by atoms with Crippen molar-refractivity contribution < 1.29 is 33.5 Å². The Hall–Kier alpha value is -5.19. The van der Waals surface area contributed by atoms with Gasteiger partial charge in [-0.2, -0.15) is 0 Å². The lowest BCUT2D eigenvalue weighted by atomic mass is 10.1. The molecule has 4 amide bonds. The molecule has 180 valence electrons. The molecule has 3 aromatic carbocycles. The van der Waals surface area contributed by atoms with E-state index in [1.165, 1.54) is 42.5 Å². The number of nitro groups is 1. The van der Waals surface area contributed by atoms with Gasteiger partial charge in [0.1, 0.15) is 12.2 Å². The molecule has 11 nitrogen and oxygen atoms in total. The van der Waals surface area contributed by atoms with Crippen LogP contribution in [0.5, 0.6) is 17.2 Å². The molecule has 3 aromatic rings. The number of nitrogens with zero attached hydrogens (tertiary/aromatic N) is 2. The van der Waals surface area contributed by atoms with Crippen molar-refractivity contribution in [3.05, 3.63) is 93.5 Å². The van der Waals surface area contributed by atoms with Crippen molar-refractivity contribution in [3.63, 3.8) is 0 Å². The highest BCUT2D eigenvalue weighted by atomic mass is 16.7. The Balaban J connectivity index is 1.44. The first-order valence-electron chi connectivity index (χ1n) is 10.7. The number of anilines is 1. The SMILES string of the molecule is O=C1NC(=O)N(c2ccc3c(c2)OCO3)C(=O)/C1=C/c1ccc(OCc2ccccc2)c([N+](=O)[O-])c1. The number of carbonyl (C=O) groups excluding carboxylic acids is 3. The number of ether oxygens (including phenoxy) is 3. The van der Waals surface area contributed by atoms with Crippen molar-refractivity contribution in [2.24, 2.45) is 0 Å². The molecule has 1 fully saturated rings. The fourth-order valence-electron chi connectivity index (χ4n) is 3.71. The lowest BCUT2D eigenvalue weighted by Gasteiger charge is -2.26. The van der Waals surface area contributed by atoms with Crippen LogP contribution in [-0.4, -0.2) is 29.6 Å². The van der Waals surface area contributed by atoms with Gasteiger partial charge < -0.3 is 14.2 Å².